The number of carbonyl (C=O) groups excluding carboxylic acids is 1. The van der Waals surface area contributed by atoms with Crippen LogP contribution in [0.25, 0.3) is 0 Å². The van der Waals surface area contributed by atoms with Crippen LogP contribution in [0.15, 0.2) is 24.3 Å². The van der Waals surface area contributed by atoms with Gasteiger partial charge in [-0.05, 0) is 38.0 Å². The predicted molar refractivity (Wildman–Crippen MR) is 74.1 cm³/mol. The van der Waals surface area contributed by atoms with Crippen LogP contribution in [0.1, 0.15) is 38.7 Å². The molecule has 1 aromatic rings. The molecule has 0 radical (unpaired) electrons. The molecule has 0 heterocycles. The first-order chi connectivity index (χ1) is 8.81. The second-order valence-electron chi connectivity index (χ2n) is 4.93. The third kappa shape index (κ3) is 5.30. The average molecular weight is 284 g/mol. The molecule has 0 aliphatic rings. The van der Waals surface area contributed by atoms with Crippen molar-refractivity contribution < 1.29 is 14.7 Å². The molecule has 0 bridgehead atoms. The summed E-state index contributed by atoms with van der Waals surface area (Å²) in [6.45, 7) is 3.77. The minimum atomic E-state index is -0.887. The highest BCUT2D eigenvalue weighted by molar-refractivity contribution is 6.30. The third-order valence-electron chi connectivity index (χ3n) is 2.79. The van der Waals surface area contributed by atoms with Gasteiger partial charge in [0.2, 0.25) is 5.91 Å². The number of halogens is 1. The summed E-state index contributed by atoms with van der Waals surface area (Å²) in [6.07, 6.45) is 0.550. The SMILES string of the molecule is CC(C)(NC(=O)CCCC(=O)O)c1cccc(Cl)c1. The molecule has 2 N–H and O–H groups in total. The summed E-state index contributed by atoms with van der Waals surface area (Å²) in [7, 11) is 0. The molecule has 0 spiro atoms. The molecule has 0 aliphatic heterocycles. The molecule has 0 aromatic heterocycles. The topological polar surface area (TPSA) is 66.4 Å². The molecule has 1 aromatic carbocycles. The van der Waals surface area contributed by atoms with Gasteiger partial charge in [0, 0.05) is 17.9 Å². The maximum Gasteiger partial charge on any atom is 0.303 e. The Morgan fingerprint density at radius 3 is 2.58 bits per heavy atom. The van der Waals surface area contributed by atoms with E-state index >= 15 is 0 Å². The van der Waals surface area contributed by atoms with E-state index in [0.29, 0.717) is 11.4 Å². The van der Waals surface area contributed by atoms with Gasteiger partial charge < -0.3 is 10.4 Å². The van der Waals surface area contributed by atoms with Crippen LogP contribution < -0.4 is 5.32 Å². The van der Waals surface area contributed by atoms with Crippen LogP contribution in [0.2, 0.25) is 5.02 Å². The maximum atomic E-state index is 11.8. The van der Waals surface area contributed by atoms with E-state index in [2.05, 4.69) is 5.32 Å². The van der Waals surface area contributed by atoms with Gasteiger partial charge in [-0.3, -0.25) is 9.59 Å². The summed E-state index contributed by atoms with van der Waals surface area (Å²) in [5, 5.41) is 12.0. The standard InChI is InChI=1S/C14H18ClNO3/c1-14(2,10-5-3-6-11(15)9-10)16-12(17)7-4-8-13(18)19/h3,5-6,9H,4,7-8H2,1-2H3,(H,16,17)(H,18,19). The Labute approximate surface area is 117 Å². The highest BCUT2D eigenvalue weighted by Gasteiger charge is 2.22. The second kappa shape index (κ2) is 6.57. The van der Waals surface area contributed by atoms with Crippen molar-refractivity contribution in [1.29, 1.82) is 0 Å². The number of aliphatic carboxylic acids is 1. The van der Waals surface area contributed by atoms with E-state index in [4.69, 9.17) is 16.7 Å². The summed E-state index contributed by atoms with van der Waals surface area (Å²) in [4.78, 5) is 22.1. The highest BCUT2D eigenvalue weighted by Crippen LogP contribution is 2.23. The zero-order valence-corrected chi connectivity index (χ0v) is 11.8. The Hall–Kier alpha value is -1.55. The zero-order chi connectivity index (χ0) is 14.5. The van der Waals surface area contributed by atoms with Gasteiger partial charge in [0.15, 0.2) is 0 Å². The molecular weight excluding hydrogens is 266 g/mol. The number of nitrogens with one attached hydrogen (secondary N) is 1. The molecule has 5 heteroatoms. The molecule has 1 rings (SSSR count). The predicted octanol–water partition coefficient (Wildman–Crippen LogP) is 2.95. The first-order valence-electron chi connectivity index (χ1n) is 6.10. The van der Waals surface area contributed by atoms with Crippen molar-refractivity contribution in [3.8, 4) is 0 Å². The van der Waals surface area contributed by atoms with E-state index in [0.717, 1.165) is 5.56 Å². The summed E-state index contributed by atoms with van der Waals surface area (Å²) < 4.78 is 0. The monoisotopic (exact) mass is 283 g/mol. The molecule has 0 unspecified atom stereocenters. The smallest absolute Gasteiger partial charge is 0.303 e. The van der Waals surface area contributed by atoms with Crippen molar-refractivity contribution in [1.82, 2.24) is 5.32 Å². The number of carbonyl (C=O) groups is 2. The second-order valence-corrected chi connectivity index (χ2v) is 5.37. The number of hydrogen-bond donors (Lipinski definition) is 2. The highest BCUT2D eigenvalue weighted by atomic mass is 35.5. The van der Waals surface area contributed by atoms with Crippen LogP contribution >= 0.6 is 11.6 Å². The molecule has 19 heavy (non-hydrogen) atoms. The molecule has 104 valence electrons. The number of benzene rings is 1. The lowest BCUT2D eigenvalue weighted by atomic mass is 9.94. The van der Waals surface area contributed by atoms with Gasteiger partial charge in [0.1, 0.15) is 0 Å². The number of carboxylic acid groups (broad SMARTS) is 1. The van der Waals surface area contributed by atoms with Crippen LogP contribution in [-0.2, 0) is 15.1 Å². The molecule has 0 aliphatic carbocycles. The molecule has 0 saturated heterocycles. The van der Waals surface area contributed by atoms with E-state index in [9.17, 15) is 9.59 Å². The van der Waals surface area contributed by atoms with E-state index in [-0.39, 0.29) is 18.7 Å². The third-order valence-corrected chi connectivity index (χ3v) is 3.03. The summed E-state index contributed by atoms with van der Waals surface area (Å²) in [6, 6.07) is 7.30. The average Bonchev–Trinajstić information content (AvgIpc) is 2.27. The zero-order valence-electron chi connectivity index (χ0n) is 11.1. The van der Waals surface area contributed by atoms with E-state index in [1.54, 1.807) is 12.1 Å². The minimum Gasteiger partial charge on any atom is -0.481 e. The van der Waals surface area contributed by atoms with Gasteiger partial charge in [-0.15, -0.1) is 0 Å². The first-order valence-corrected chi connectivity index (χ1v) is 6.48. The quantitative estimate of drug-likeness (QED) is 0.843. The fourth-order valence-electron chi connectivity index (χ4n) is 1.76. The van der Waals surface area contributed by atoms with Crippen LogP contribution in [0.5, 0.6) is 0 Å². The number of hydrogen-bond acceptors (Lipinski definition) is 2. The maximum absolute atomic E-state index is 11.8. The van der Waals surface area contributed by atoms with E-state index < -0.39 is 11.5 Å². The summed E-state index contributed by atoms with van der Waals surface area (Å²) >= 11 is 5.93. The number of carboxylic acids is 1. The molecule has 0 atom stereocenters. The van der Waals surface area contributed by atoms with Gasteiger partial charge in [-0.2, -0.15) is 0 Å². The minimum absolute atomic E-state index is 0.00497. The van der Waals surface area contributed by atoms with Crippen LogP contribution in [0.3, 0.4) is 0 Å². The molecular formula is C14H18ClNO3. The fourth-order valence-corrected chi connectivity index (χ4v) is 1.95. The Balaban J connectivity index is 2.59. The van der Waals surface area contributed by atoms with Crippen molar-refractivity contribution >= 4 is 23.5 Å². The lowest BCUT2D eigenvalue weighted by Gasteiger charge is -2.27. The van der Waals surface area contributed by atoms with Gasteiger partial charge >= 0.3 is 5.97 Å². The van der Waals surface area contributed by atoms with Gasteiger partial charge in [0.05, 0.1) is 5.54 Å². The van der Waals surface area contributed by atoms with Crippen molar-refractivity contribution in [2.24, 2.45) is 0 Å². The molecule has 0 fully saturated rings. The van der Waals surface area contributed by atoms with E-state index in [1.165, 1.54) is 0 Å². The lowest BCUT2D eigenvalue weighted by Crippen LogP contribution is -2.40. The van der Waals surface area contributed by atoms with Gasteiger partial charge in [-0.1, -0.05) is 23.7 Å². The van der Waals surface area contributed by atoms with Crippen molar-refractivity contribution in [2.75, 3.05) is 0 Å². The van der Waals surface area contributed by atoms with Crippen LogP contribution in [0, 0.1) is 0 Å². The first kappa shape index (κ1) is 15.5. The largest absolute Gasteiger partial charge is 0.481 e. The normalized spacial score (nSPS) is 11.1. The summed E-state index contributed by atoms with van der Waals surface area (Å²) in [5.74, 6) is -1.05. The lowest BCUT2D eigenvalue weighted by molar-refractivity contribution is -0.137. The van der Waals surface area contributed by atoms with Crippen LogP contribution in [-0.4, -0.2) is 17.0 Å². The Morgan fingerprint density at radius 1 is 1.32 bits per heavy atom. The Kier molecular flexibility index (Phi) is 5.36. The van der Waals surface area contributed by atoms with Crippen molar-refractivity contribution in [3.63, 3.8) is 0 Å². The summed E-state index contributed by atoms with van der Waals surface area (Å²) in [5.41, 5.74) is 0.372. The van der Waals surface area contributed by atoms with Crippen LogP contribution in [0.4, 0.5) is 0 Å². The van der Waals surface area contributed by atoms with Crippen molar-refractivity contribution in [3.05, 3.63) is 34.9 Å². The van der Waals surface area contributed by atoms with Gasteiger partial charge in [-0.25, -0.2) is 0 Å². The van der Waals surface area contributed by atoms with Crippen molar-refractivity contribution in [2.45, 2.75) is 38.6 Å². The molecule has 0 saturated carbocycles. The Bertz CT molecular complexity index is 472. The molecule has 4 nitrogen and oxygen atoms in total. The Morgan fingerprint density at radius 2 is 2.00 bits per heavy atom. The fraction of sp³-hybridized carbons (Fsp3) is 0.429. The number of rotatable bonds is 6. The number of amides is 1. The van der Waals surface area contributed by atoms with Gasteiger partial charge in [0.25, 0.3) is 0 Å². The molecule has 1 amide bonds. The van der Waals surface area contributed by atoms with E-state index in [1.807, 2.05) is 26.0 Å².